The van der Waals surface area contributed by atoms with Crippen LogP contribution in [0.1, 0.15) is 5.56 Å². The minimum atomic E-state index is -0.406. The normalized spacial score (nSPS) is 10.0. The van der Waals surface area contributed by atoms with Crippen molar-refractivity contribution in [3.8, 4) is 5.75 Å². The van der Waals surface area contributed by atoms with Crippen molar-refractivity contribution in [2.75, 3.05) is 12.4 Å². The largest absolute Gasteiger partial charge is 0.495 e. The van der Waals surface area contributed by atoms with Crippen LogP contribution in [0.15, 0.2) is 42.5 Å². The molecule has 0 aliphatic rings. The minimum absolute atomic E-state index is 0.0384. The first-order valence-electron chi connectivity index (χ1n) is 5.77. The summed E-state index contributed by atoms with van der Waals surface area (Å²) in [5.74, 6) is 0.637. The van der Waals surface area contributed by atoms with E-state index in [2.05, 4.69) is 5.32 Å². The van der Waals surface area contributed by atoms with Crippen LogP contribution in [0.25, 0.3) is 0 Å². The summed E-state index contributed by atoms with van der Waals surface area (Å²) in [5, 5.41) is 14.1. The minimum Gasteiger partial charge on any atom is -0.495 e. The van der Waals surface area contributed by atoms with E-state index in [1.165, 1.54) is 6.07 Å². The van der Waals surface area contributed by atoms with Gasteiger partial charge in [0, 0.05) is 6.07 Å². The van der Waals surface area contributed by atoms with Crippen molar-refractivity contribution in [1.29, 1.82) is 0 Å². The van der Waals surface area contributed by atoms with Crippen LogP contribution in [0.2, 0.25) is 0 Å². The average Bonchev–Trinajstić information content (AvgIpc) is 2.39. The van der Waals surface area contributed by atoms with Crippen LogP contribution >= 0.6 is 0 Å². The number of nitrogens with zero attached hydrogens (tertiary/aromatic N) is 1. The van der Waals surface area contributed by atoms with Crippen LogP contribution in [0.3, 0.4) is 0 Å². The number of methoxy groups -OCH3 is 1. The Morgan fingerprint density at radius 2 is 1.89 bits per heavy atom. The van der Waals surface area contributed by atoms with Gasteiger partial charge in [0.25, 0.3) is 5.69 Å². The number of anilines is 2. The van der Waals surface area contributed by atoms with E-state index in [1.807, 2.05) is 25.1 Å². The Labute approximate surface area is 111 Å². The van der Waals surface area contributed by atoms with E-state index in [1.54, 1.807) is 25.3 Å². The number of benzene rings is 2. The number of ether oxygens (including phenoxy) is 1. The number of nitro benzene ring substituents is 1. The highest BCUT2D eigenvalue weighted by Gasteiger charge is 2.14. The molecule has 1 N–H and O–H groups in total. The van der Waals surface area contributed by atoms with Gasteiger partial charge in [-0.05, 0) is 30.7 Å². The second kappa shape index (κ2) is 5.39. The first-order valence-corrected chi connectivity index (χ1v) is 5.77. The summed E-state index contributed by atoms with van der Waals surface area (Å²) in [5.41, 5.74) is 2.13. The molecule has 0 saturated heterocycles. The molecule has 5 nitrogen and oxygen atoms in total. The van der Waals surface area contributed by atoms with Crippen LogP contribution in [-0.2, 0) is 0 Å². The fraction of sp³-hybridized carbons (Fsp3) is 0.143. The molecule has 2 aromatic carbocycles. The van der Waals surface area contributed by atoms with Gasteiger partial charge in [0.15, 0.2) is 0 Å². The fourth-order valence-electron chi connectivity index (χ4n) is 1.80. The van der Waals surface area contributed by atoms with Gasteiger partial charge >= 0.3 is 0 Å². The van der Waals surface area contributed by atoms with Crippen LogP contribution < -0.4 is 10.1 Å². The summed E-state index contributed by atoms with van der Waals surface area (Å²) in [6.45, 7) is 1.89. The lowest BCUT2D eigenvalue weighted by atomic mass is 10.2. The third kappa shape index (κ3) is 2.82. The molecule has 0 radical (unpaired) electrons. The van der Waals surface area contributed by atoms with Crippen molar-refractivity contribution in [1.82, 2.24) is 0 Å². The van der Waals surface area contributed by atoms with E-state index in [4.69, 9.17) is 4.74 Å². The van der Waals surface area contributed by atoms with Gasteiger partial charge in [-0.3, -0.25) is 10.1 Å². The summed E-state index contributed by atoms with van der Waals surface area (Å²) >= 11 is 0. The average molecular weight is 258 g/mol. The second-order valence-corrected chi connectivity index (χ2v) is 4.10. The standard InChI is InChI=1S/C14H14N2O3/c1-10-7-8-13(16(17)18)12(9-10)15-11-5-3-4-6-14(11)19-2/h3-9,15H,1-2H3. The Balaban J connectivity index is 2.42. The molecule has 0 fully saturated rings. The molecule has 5 heteroatoms. The van der Waals surface area contributed by atoms with Crippen LogP contribution in [0, 0.1) is 17.0 Å². The summed E-state index contributed by atoms with van der Waals surface area (Å²) in [6.07, 6.45) is 0. The zero-order valence-corrected chi connectivity index (χ0v) is 10.7. The third-order valence-electron chi connectivity index (χ3n) is 2.73. The van der Waals surface area contributed by atoms with Crippen molar-refractivity contribution < 1.29 is 9.66 Å². The van der Waals surface area contributed by atoms with E-state index in [9.17, 15) is 10.1 Å². The topological polar surface area (TPSA) is 64.4 Å². The highest BCUT2D eigenvalue weighted by Crippen LogP contribution is 2.32. The maximum absolute atomic E-state index is 11.0. The molecule has 98 valence electrons. The molecule has 0 aliphatic carbocycles. The zero-order valence-electron chi connectivity index (χ0n) is 10.7. The van der Waals surface area contributed by atoms with Crippen molar-refractivity contribution in [2.24, 2.45) is 0 Å². The lowest BCUT2D eigenvalue weighted by molar-refractivity contribution is -0.383. The highest BCUT2D eigenvalue weighted by molar-refractivity contribution is 5.73. The molecule has 0 saturated carbocycles. The van der Waals surface area contributed by atoms with Crippen LogP contribution in [0.5, 0.6) is 5.75 Å². The zero-order chi connectivity index (χ0) is 13.8. The molecule has 2 aromatic rings. The van der Waals surface area contributed by atoms with Crippen molar-refractivity contribution in [2.45, 2.75) is 6.92 Å². The summed E-state index contributed by atoms with van der Waals surface area (Å²) in [6, 6.07) is 12.2. The second-order valence-electron chi connectivity index (χ2n) is 4.10. The molecule has 0 atom stereocenters. The fourth-order valence-corrected chi connectivity index (χ4v) is 1.80. The first-order chi connectivity index (χ1) is 9.11. The lowest BCUT2D eigenvalue weighted by Crippen LogP contribution is -1.99. The van der Waals surface area contributed by atoms with Gasteiger partial charge < -0.3 is 10.1 Å². The van der Waals surface area contributed by atoms with E-state index < -0.39 is 4.92 Å². The number of hydrogen-bond acceptors (Lipinski definition) is 4. The van der Waals surface area contributed by atoms with E-state index in [-0.39, 0.29) is 5.69 Å². The number of hydrogen-bond donors (Lipinski definition) is 1. The Morgan fingerprint density at radius 1 is 1.16 bits per heavy atom. The molecular formula is C14H14N2O3. The summed E-state index contributed by atoms with van der Waals surface area (Å²) in [4.78, 5) is 10.6. The molecule has 0 heterocycles. The smallest absolute Gasteiger partial charge is 0.292 e. The van der Waals surface area contributed by atoms with Crippen molar-refractivity contribution >= 4 is 17.1 Å². The van der Waals surface area contributed by atoms with Gasteiger partial charge in [0.05, 0.1) is 17.7 Å². The number of nitro groups is 1. The highest BCUT2D eigenvalue weighted by atomic mass is 16.6. The Hall–Kier alpha value is -2.56. The van der Waals surface area contributed by atoms with Gasteiger partial charge in [-0.25, -0.2) is 0 Å². The van der Waals surface area contributed by atoms with Crippen LogP contribution in [-0.4, -0.2) is 12.0 Å². The molecular weight excluding hydrogens is 244 g/mol. The molecule has 0 aliphatic heterocycles. The van der Waals surface area contributed by atoms with E-state index in [0.29, 0.717) is 17.1 Å². The van der Waals surface area contributed by atoms with Gasteiger partial charge in [-0.1, -0.05) is 18.2 Å². The molecule has 2 rings (SSSR count). The predicted molar refractivity (Wildman–Crippen MR) is 74.1 cm³/mol. The predicted octanol–water partition coefficient (Wildman–Crippen LogP) is 3.66. The lowest BCUT2D eigenvalue weighted by Gasteiger charge is -2.11. The van der Waals surface area contributed by atoms with Gasteiger partial charge in [-0.2, -0.15) is 0 Å². The monoisotopic (exact) mass is 258 g/mol. The SMILES string of the molecule is COc1ccccc1Nc1cc(C)ccc1[N+](=O)[O-]. The Bertz CT molecular complexity index is 611. The summed E-state index contributed by atoms with van der Waals surface area (Å²) in [7, 11) is 1.56. The molecule has 0 bridgehead atoms. The van der Waals surface area contributed by atoms with Crippen molar-refractivity contribution in [3.05, 3.63) is 58.1 Å². The molecule has 19 heavy (non-hydrogen) atoms. The number of aryl methyl sites for hydroxylation is 1. The molecule has 0 aromatic heterocycles. The quantitative estimate of drug-likeness (QED) is 0.671. The molecule has 0 amide bonds. The molecule has 0 unspecified atom stereocenters. The van der Waals surface area contributed by atoms with Gasteiger partial charge in [0.1, 0.15) is 11.4 Å². The van der Waals surface area contributed by atoms with Gasteiger partial charge in [-0.15, -0.1) is 0 Å². The van der Waals surface area contributed by atoms with E-state index in [0.717, 1.165) is 5.56 Å². The van der Waals surface area contributed by atoms with E-state index >= 15 is 0 Å². The maximum Gasteiger partial charge on any atom is 0.292 e. The number of rotatable bonds is 4. The third-order valence-corrected chi connectivity index (χ3v) is 2.73. The van der Waals surface area contributed by atoms with Crippen LogP contribution in [0.4, 0.5) is 17.1 Å². The Morgan fingerprint density at radius 3 is 2.58 bits per heavy atom. The Kier molecular flexibility index (Phi) is 3.66. The first kappa shape index (κ1) is 12.9. The molecule has 0 spiro atoms. The van der Waals surface area contributed by atoms with Gasteiger partial charge in [0.2, 0.25) is 0 Å². The maximum atomic E-state index is 11.0. The number of para-hydroxylation sites is 2. The van der Waals surface area contributed by atoms with Crippen molar-refractivity contribution in [3.63, 3.8) is 0 Å². The number of nitrogens with one attached hydrogen (secondary N) is 1. The summed E-state index contributed by atoms with van der Waals surface area (Å²) < 4.78 is 5.22.